The lowest BCUT2D eigenvalue weighted by Gasteiger charge is -2.12. The monoisotopic (exact) mass is 335 g/mol. The van der Waals surface area contributed by atoms with Gasteiger partial charge in [-0.3, -0.25) is 14.9 Å². The second-order valence-electron chi connectivity index (χ2n) is 5.17. The molecule has 0 aliphatic rings. The number of urea groups is 1. The van der Waals surface area contributed by atoms with E-state index in [0.717, 1.165) is 6.42 Å². The normalized spacial score (nSPS) is 11.1. The molecule has 0 unspecified atom stereocenters. The molecule has 1 aromatic rings. The Balaban J connectivity index is 2.49. The van der Waals surface area contributed by atoms with Gasteiger partial charge in [0.1, 0.15) is 0 Å². The van der Waals surface area contributed by atoms with Gasteiger partial charge in [0.15, 0.2) is 6.61 Å². The predicted molar refractivity (Wildman–Crippen MR) is 87.5 cm³/mol. The average molecular weight is 335 g/mol. The molecule has 24 heavy (non-hydrogen) atoms. The summed E-state index contributed by atoms with van der Waals surface area (Å²) in [4.78, 5) is 45.9. The van der Waals surface area contributed by atoms with E-state index in [1.807, 2.05) is 6.92 Å². The molecule has 8 heteroatoms. The summed E-state index contributed by atoms with van der Waals surface area (Å²) in [6, 6.07) is 5.39. The molecule has 1 aromatic carbocycles. The highest BCUT2D eigenvalue weighted by molar-refractivity contribution is 5.97. The lowest BCUT2D eigenvalue weighted by molar-refractivity contribution is -0.123. The van der Waals surface area contributed by atoms with Crippen LogP contribution in [0.2, 0.25) is 0 Å². The van der Waals surface area contributed by atoms with Gasteiger partial charge in [0, 0.05) is 18.7 Å². The highest BCUT2D eigenvalue weighted by atomic mass is 16.5. The Morgan fingerprint density at radius 1 is 1.21 bits per heavy atom. The van der Waals surface area contributed by atoms with E-state index in [2.05, 4.69) is 16.0 Å². The molecule has 0 aliphatic carbocycles. The van der Waals surface area contributed by atoms with Crippen LogP contribution in [-0.4, -0.2) is 36.5 Å². The topological polar surface area (TPSA) is 114 Å². The second kappa shape index (κ2) is 9.29. The quantitative estimate of drug-likeness (QED) is 0.681. The van der Waals surface area contributed by atoms with E-state index >= 15 is 0 Å². The molecule has 8 nitrogen and oxygen atoms in total. The van der Waals surface area contributed by atoms with E-state index in [-0.39, 0.29) is 17.5 Å². The first-order valence-electron chi connectivity index (χ1n) is 7.47. The van der Waals surface area contributed by atoms with Crippen LogP contribution in [-0.2, 0) is 14.3 Å². The van der Waals surface area contributed by atoms with Gasteiger partial charge >= 0.3 is 12.0 Å². The zero-order valence-electron chi connectivity index (χ0n) is 13.8. The molecular weight excluding hydrogens is 314 g/mol. The molecule has 1 atom stereocenters. The smallest absolute Gasteiger partial charge is 0.338 e. The van der Waals surface area contributed by atoms with Crippen LogP contribution < -0.4 is 16.0 Å². The van der Waals surface area contributed by atoms with Crippen LogP contribution in [0.4, 0.5) is 10.5 Å². The van der Waals surface area contributed by atoms with Crippen molar-refractivity contribution >= 4 is 29.5 Å². The largest absolute Gasteiger partial charge is 0.452 e. The average Bonchev–Trinajstić information content (AvgIpc) is 2.51. The third kappa shape index (κ3) is 6.91. The van der Waals surface area contributed by atoms with E-state index in [9.17, 15) is 19.2 Å². The number of nitrogens with one attached hydrogen (secondary N) is 3. The standard InChI is InChI=1S/C16H21N3O5/c1-4-10(2)17-16(23)19-14(21)9-24-15(22)12-6-5-7-13(8-12)18-11(3)20/h5-8,10H,4,9H2,1-3H3,(H,18,20)(H2,17,19,21,23)/t10-/m0/s1. The Morgan fingerprint density at radius 3 is 2.54 bits per heavy atom. The molecule has 0 saturated carbocycles. The van der Waals surface area contributed by atoms with Crippen molar-refractivity contribution in [1.82, 2.24) is 10.6 Å². The molecular formula is C16H21N3O5. The molecule has 130 valence electrons. The zero-order chi connectivity index (χ0) is 18.1. The summed E-state index contributed by atoms with van der Waals surface area (Å²) in [6.07, 6.45) is 0.723. The van der Waals surface area contributed by atoms with Crippen LogP contribution in [0.15, 0.2) is 24.3 Å². The van der Waals surface area contributed by atoms with Crippen LogP contribution in [0.3, 0.4) is 0 Å². The molecule has 3 N–H and O–H groups in total. The van der Waals surface area contributed by atoms with Crippen molar-refractivity contribution in [2.24, 2.45) is 0 Å². The Kier molecular flexibility index (Phi) is 7.41. The highest BCUT2D eigenvalue weighted by Crippen LogP contribution is 2.11. The minimum absolute atomic E-state index is 0.0723. The van der Waals surface area contributed by atoms with E-state index in [4.69, 9.17) is 4.74 Å². The van der Waals surface area contributed by atoms with Crippen molar-refractivity contribution in [3.63, 3.8) is 0 Å². The molecule has 0 saturated heterocycles. The maximum absolute atomic E-state index is 11.9. The van der Waals surface area contributed by atoms with Gasteiger partial charge in [-0.1, -0.05) is 13.0 Å². The first kappa shape index (κ1) is 19.1. The van der Waals surface area contributed by atoms with E-state index in [0.29, 0.717) is 5.69 Å². The number of hydrogen-bond donors (Lipinski definition) is 3. The number of anilines is 1. The summed E-state index contributed by atoms with van der Waals surface area (Å²) >= 11 is 0. The summed E-state index contributed by atoms with van der Waals surface area (Å²) in [5.74, 6) is -1.74. The number of carbonyl (C=O) groups excluding carboxylic acids is 4. The van der Waals surface area contributed by atoms with Crippen molar-refractivity contribution < 1.29 is 23.9 Å². The third-order valence-electron chi connectivity index (χ3n) is 3.00. The molecule has 0 fully saturated rings. The van der Waals surface area contributed by atoms with Crippen LogP contribution in [0.25, 0.3) is 0 Å². The summed E-state index contributed by atoms with van der Waals surface area (Å²) in [5.41, 5.74) is 0.618. The SMILES string of the molecule is CC[C@H](C)NC(=O)NC(=O)COC(=O)c1cccc(NC(C)=O)c1. The Hall–Kier alpha value is -2.90. The van der Waals surface area contributed by atoms with Gasteiger partial charge in [-0.2, -0.15) is 0 Å². The van der Waals surface area contributed by atoms with Crippen molar-refractivity contribution in [1.29, 1.82) is 0 Å². The fourth-order valence-corrected chi connectivity index (χ4v) is 1.67. The van der Waals surface area contributed by atoms with Gasteiger partial charge in [-0.25, -0.2) is 9.59 Å². The Bertz CT molecular complexity index is 630. The summed E-state index contributed by atoms with van der Waals surface area (Å²) < 4.78 is 4.84. The van der Waals surface area contributed by atoms with E-state index in [1.54, 1.807) is 19.1 Å². The number of rotatable bonds is 6. The number of hydrogen-bond acceptors (Lipinski definition) is 5. The number of esters is 1. The lowest BCUT2D eigenvalue weighted by Crippen LogP contribution is -2.44. The molecule has 0 spiro atoms. The fraction of sp³-hybridized carbons (Fsp3) is 0.375. The van der Waals surface area contributed by atoms with Gasteiger partial charge in [0.25, 0.3) is 5.91 Å². The maximum Gasteiger partial charge on any atom is 0.338 e. The number of benzene rings is 1. The molecule has 0 bridgehead atoms. The molecule has 4 amide bonds. The second-order valence-corrected chi connectivity index (χ2v) is 5.17. The summed E-state index contributed by atoms with van der Waals surface area (Å²) in [6.45, 7) is 4.45. The van der Waals surface area contributed by atoms with Crippen molar-refractivity contribution in [3.8, 4) is 0 Å². The van der Waals surface area contributed by atoms with Crippen molar-refractivity contribution in [2.75, 3.05) is 11.9 Å². The van der Waals surface area contributed by atoms with Gasteiger partial charge in [0.05, 0.1) is 5.56 Å². The van der Waals surface area contributed by atoms with Crippen LogP contribution in [0.1, 0.15) is 37.6 Å². The number of imide groups is 1. The first-order chi connectivity index (χ1) is 11.3. The van der Waals surface area contributed by atoms with Gasteiger partial charge < -0.3 is 15.4 Å². The predicted octanol–water partition coefficient (Wildman–Crippen LogP) is 1.43. The summed E-state index contributed by atoms with van der Waals surface area (Å²) in [7, 11) is 0. The van der Waals surface area contributed by atoms with Crippen LogP contribution in [0.5, 0.6) is 0 Å². The van der Waals surface area contributed by atoms with Crippen LogP contribution in [0, 0.1) is 0 Å². The van der Waals surface area contributed by atoms with E-state index < -0.39 is 24.5 Å². The highest BCUT2D eigenvalue weighted by Gasteiger charge is 2.14. The number of ether oxygens (including phenoxy) is 1. The maximum atomic E-state index is 11.9. The molecule has 1 rings (SSSR count). The van der Waals surface area contributed by atoms with Gasteiger partial charge in [0.2, 0.25) is 5.91 Å². The third-order valence-corrected chi connectivity index (χ3v) is 3.00. The Morgan fingerprint density at radius 2 is 1.92 bits per heavy atom. The minimum atomic E-state index is -0.736. The molecule has 0 aliphatic heterocycles. The van der Waals surface area contributed by atoms with E-state index in [1.165, 1.54) is 19.1 Å². The van der Waals surface area contributed by atoms with Gasteiger partial charge in [-0.05, 0) is 31.5 Å². The molecule has 0 radical (unpaired) electrons. The van der Waals surface area contributed by atoms with Crippen molar-refractivity contribution in [2.45, 2.75) is 33.2 Å². The first-order valence-corrected chi connectivity index (χ1v) is 7.47. The Labute approximate surface area is 139 Å². The van der Waals surface area contributed by atoms with Crippen molar-refractivity contribution in [3.05, 3.63) is 29.8 Å². The van der Waals surface area contributed by atoms with Gasteiger partial charge in [-0.15, -0.1) is 0 Å². The van der Waals surface area contributed by atoms with Crippen LogP contribution >= 0.6 is 0 Å². The minimum Gasteiger partial charge on any atom is -0.452 e. The summed E-state index contributed by atoms with van der Waals surface area (Å²) in [5, 5.41) is 7.16. The molecule has 0 aromatic heterocycles. The number of amides is 4. The lowest BCUT2D eigenvalue weighted by atomic mass is 10.2. The fourth-order valence-electron chi connectivity index (χ4n) is 1.67. The zero-order valence-corrected chi connectivity index (χ0v) is 13.8. The number of carbonyl (C=O) groups is 4. The molecule has 0 heterocycles.